The monoisotopic (exact) mass is 202 g/mol. The highest BCUT2D eigenvalue weighted by Crippen LogP contribution is 1.92. The smallest absolute Gasteiger partial charge is 0.320 e. The first-order valence-electron chi connectivity index (χ1n) is 4.48. The van der Waals surface area contributed by atoms with Crippen molar-refractivity contribution in [3.8, 4) is 0 Å². The second-order valence-corrected chi connectivity index (χ2v) is 2.84. The molecule has 0 heterocycles. The first kappa shape index (κ1) is 12.7. The molecule has 6 heteroatoms. The summed E-state index contributed by atoms with van der Waals surface area (Å²) < 4.78 is 0. The number of hydrogen-bond acceptors (Lipinski definition) is 3. The number of aliphatic imine (C=N–C) groups is 1. The molecule has 0 saturated carbocycles. The lowest BCUT2D eigenvalue weighted by molar-refractivity contribution is -0.138. The molecule has 0 aliphatic heterocycles. The van der Waals surface area contributed by atoms with Crippen LogP contribution in [0.4, 0.5) is 0 Å². The highest BCUT2D eigenvalue weighted by atomic mass is 16.4. The molecule has 0 aliphatic carbocycles. The van der Waals surface area contributed by atoms with E-state index in [4.69, 9.17) is 10.8 Å². The van der Waals surface area contributed by atoms with E-state index in [1.54, 1.807) is 14.1 Å². The topological polar surface area (TPSA) is 99.7 Å². The number of hydrogen-bond donors (Lipinski definition) is 4. The molecule has 0 amide bonds. The van der Waals surface area contributed by atoms with Gasteiger partial charge in [0, 0.05) is 20.6 Å². The number of nitrogens with zero attached hydrogens (tertiary/aromatic N) is 1. The van der Waals surface area contributed by atoms with Crippen LogP contribution in [0.1, 0.15) is 12.8 Å². The molecule has 0 fully saturated rings. The molecule has 0 bridgehead atoms. The zero-order valence-corrected chi connectivity index (χ0v) is 8.58. The van der Waals surface area contributed by atoms with Crippen LogP contribution in [-0.4, -0.2) is 43.7 Å². The molecule has 6 nitrogen and oxygen atoms in total. The van der Waals surface area contributed by atoms with Gasteiger partial charge in [-0.25, -0.2) is 0 Å². The molecule has 5 N–H and O–H groups in total. The third-order valence-electron chi connectivity index (χ3n) is 1.76. The summed E-state index contributed by atoms with van der Waals surface area (Å²) in [6, 6.07) is -0.770. The average Bonchev–Trinajstić information content (AvgIpc) is 2.17. The van der Waals surface area contributed by atoms with Crippen molar-refractivity contribution in [3.63, 3.8) is 0 Å². The summed E-state index contributed by atoms with van der Waals surface area (Å²) >= 11 is 0. The summed E-state index contributed by atoms with van der Waals surface area (Å²) in [6.45, 7) is 0.661. The Kier molecular flexibility index (Phi) is 6.47. The summed E-state index contributed by atoms with van der Waals surface area (Å²) in [5.41, 5.74) is 5.33. The molecule has 1 unspecified atom stereocenters. The zero-order chi connectivity index (χ0) is 11.0. The highest BCUT2D eigenvalue weighted by molar-refractivity contribution is 5.79. The number of nitrogens with two attached hydrogens (primary N) is 1. The second-order valence-electron chi connectivity index (χ2n) is 2.84. The summed E-state index contributed by atoms with van der Waals surface area (Å²) in [5.74, 6) is -0.267. The normalized spacial score (nSPS) is 13.5. The molecule has 0 aliphatic rings. The van der Waals surface area contributed by atoms with E-state index < -0.39 is 12.0 Å². The lowest BCUT2D eigenvalue weighted by Crippen LogP contribution is -2.36. The van der Waals surface area contributed by atoms with E-state index in [0.717, 1.165) is 0 Å². The Morgan fingerprint density at radius 2 is 2.29 bits per heavy atom. The lowest BCUT2D eigenvalue weighted by Gasteiger charge is -2.09. The molecule has 1 atom stereocenters. The van der Waals surface area contributed by atoms with Gasteiger partial charge in [0.05, 0.1) is 0 Å². The first-order valence-corrected chi connectivity index (χ1v) is 4.48. The fourth-order valence-electron chi connectivity index (χ4n) is 0.931. The number of carboxylic acids is 1. The standard InChI is InChI=1S/C8H18N4O2/c1-10-8(11-2)12-5-3-4-6(9)7(13)14/h6H,3-5,9H2,1-2H3,(H,13,14)(H2,10,11,12). The van der Waals surface area contributed by atoms with Gasteiger partial charge in [0.1, 0.15) is 6.04 Å². The predicted octanol–water partition coefficient (Wildman–Crippen LogP) is -1.03. The van der Waals surface area contributed by atoms with Crippen LogP contribution >= 0.6 is 0 Å². The maximum Gasteiger partial charge on any atom is 0.320 e. The van der Waals surface area contributed by atoms with Gasteiger partial charge in [-0.2, -0.15) is 0 Å². The fourth-order valence-corrected chi connectivity index (χ4v) is 0.931. The van der Waals surface area contributed by atoms with Crippen LogP contribution in [0.3, 0.4) is 0 Å². The van der Waals surface area contributed by atoms with Gasteiger partial charge in [-0.05, 0) is 12.8 Å². The van der Waals surface area contributed by atoms with Crippen molar-refractivity contribution in [2.45, 2.75) is 18.9 Å². The van der Waals surface area contributed by atoms with Crippen molar-refractivity contribution in [1.82, 2.24) is 10.6 Å². The summed E-state index contributed by atoms with van der Waals surface area (Å²) in [6.07, 6.45) is 1.16. The first-order chi connectivity index (χ1) is 6.61. The van der Waals surface area contributed by atoms with Crippen molar-refractivity contribution in [2.75, 3.05) is 20.6 Å². The molecule has 0 aromatic heterocycles. The van der Waals surface area contributed by atoms with Crippen LogP contribution in [0.2, 0.25) is 0 Å². The van der Waals surface area contributed by atoms with E-state index in [9.17, 15) is 4.79 Å². The minimum absolute atomic E-state index is 0.461. The van der Waals surface area contributed by atoms with Gasteiger partial charge >= 0.3 is 5.97 Å². The van der Waals surface area contributed by atoms with Crippen molar-refractivity contribution in [2.24, 2.45) is 10.7 Å². The minimum Gasteiger partial charge on any atom is -0.480 e. The third-order valence-corrected chi connectivity index (χ3v) is 1.76. The van der Waals surface area contributed by atoms with Crippen molar-refractivity contribution in [3.05, 3.63) is 0 Å². The van der Waals surface area contributed by atoms with E-state index in [-0.39, 0.29) is 0 Å². The molecule has 0 radical (unpaired) electrons. The SMILES string of the molecule is CN=C(NC)NCCCC(N)C(=O)O. The number of rotatable bonds is 5. The van der Waals surface area contributed by atoms with Crippen molar-refractivity contribution in [1.29, 1.82) is 0 Å². The number of carbonyl (C=O) groups is 1. The van der Waals surface area contributed by atoms with Gasteiger partial charge < -0.3 is 21.5 Å². The summed E-state index contributed by atoms with van der Waals surface area (Å²) in [4.78, 5) is 14.3. The molecule has 0 spiro atoms. The van der Waals surface area contributed by atoms with Crippen LogP contribution in [0.25, 0.3) is 0 Å². The van der Waals surface area contributed by atoms with E-state index in [2.05, 4.69) is 15.6 Å². The number of aliphatic carboxylic acids is 1. The number of carboxylic acid groups (broad SMARTS) is 1. The second kappa shape index (κ2) is 7.14. The quantitative estimate of drug-likeness (QED) is 0.259. The van der Waals surface area contributed by atoms with Gasteiger partial charge in [0.25, 0.3) is 0 Å². The van der Waals surface area contributed by atoms with Crippen molar-refractivity contribution < 1.29 is 9.90 Å². The maximum atomic E-state index is 10.4. The van der Waals surface area contributed by atoms with Crippen LogP contribution in [0.5, 0.6) is 0 Å². The number of nitrogens with one attached hydrogen (secondary N) is 2. The van der Waals surface area contributed by atoms with E-state index in [1.165, 1.54) is 0 Å². The molecular weight excluding hydrogens is 184 g/mol. The maximum absolute atomic E-state index is 10.4. The molecule has 0 rings (SSSR count). The molecule has 0 aromatic carbocycles. The fraction of sp³-hybridized carbons (Fsp3) is 0.750. The minimum atomic E-state index is -0.956. The molecule has 82 valence electrons. The molecule has 14 heavy (non-hydrogen) atoms. The lowest BCUT2D eigenvalue weighted by atomic mass is 10.2. The predicted molar refractivity (Wildman–Crippen MR) is 55.3 cm³/mol. The van der Waals surface area contributed by atoms with Crippen LogP contribution in [0, 0.1) is 0 Å². The third kappa shape index (κ3) is 5.36. The van der Waals surface area contributed by atoms with Gasteiger partial charge in [0.15, 0.2) is 5.96 Å². The van der Waals surface area contributed by atoms with E-state index in [0.29, 0.717) is 25.3 Å². The Morgan fingerprint density at radius 1 is 1.64 bits per heavy atom. The van der Waals surface area contributed by atoms with E-state index in [1.807, 2.05) is 0 Å². The summed E-state index contributed by atoms with van der Waals surface area (Å²) in [5, 5.41) is 14.4. The highest BCUT2D eigenvalue weighted by Gasteiger charge is 2.09. The largest absolute Gasteiger partial charge is 0.480 e. The van der Waals surface area contributed by atoms with Gasteiger partial charge in [0.2, 0.25) is 0 Å². The Bertz CT molecular complexity index is 206. The Hall–Kier alpha value is -1.30. The van der Waals surface area contributed by atoms with E-state index >= 15 is 0 Å². The van der Waals surface area contributed by atoms with Crippen molar-refractivity contribution >= 4 is 11.9 Å². The Labute approximate surface area is 83.6 Å². The van der Waals surface area contributed by atoms with Gasteiger partial charge in [-0.15, -0.1) is 0 Å². The van der Waals surface area contributed by atoms with Crippen LogP contribution in [-0.2, 0) is 4.79 Å². The van der Waals surface area contributed by atoms with Gasteiger partial charge in [-0.3, -0.25) is 9.79 Å². The number of guanidine groups is 1. The molecule has 0 aromatic rings. The molecular formula is C8H18N4O2. The van der Waals surface area contributed by atoms with Gasteiger partial charge in [-0.1, -0.05) is 0 Å². The Balaban J connectivity index is 3.51. The zero-order valence-electron chi connectivity index (χ0n) is 8.58. The Morgan fingerprint density at radius 3 is 2.71 bits per heavy atom. The van der Waals surface area contributed by atoms with Crippen LogP contribution in [0.15, 0.2) is 4.99 Å². The average molecular weight is 202 g/mol. The molecule has 0 saturated heterocycles. The summed E-state index contributed by atoms with van der Waals surface area (Å²) in [7, 11) is 3.43. The van der Waals surface area contributed by atoms with Crippen LogP contribution < -0.4 is 16.4 Å².